The number of carbonyl (C=O) groups excluding carboxylic acids is 1. The molecule has 1 heterocycles. The van der Waals surface area contributed by atoms with Crippen LogP contribution in [0, 0.1) is 5.82 Å². The van der Waals surface area contributed by atoms with Gasteiger partial charge in [-0.25, -0.2) is 4.39 Å². The van der Waals surface area contributed by atoms with Gasteiger partial charge in [-0.2, -0.15) is 5.10 Å². The van der Waals surface area contributed by atoms with Gasteiger partial charge in [0, 0.05) is 14.1 Å². The number of amides is 1. The van der Waals surface area contributed by atoms with Crippen molar-refractivity contribution in [2.75, 3.05) is 25.9 Å². The molecule has 0 unspecified atom stereocenters. The lowest BCUT2D eigenvalue weighted by atomic mass is 10.3. The van der Waals surface area contributed by atoms with Crippen LogP contribution in [0.15, 0.2) is 30.5 Å². The Morgan fingerprint density at radius 2 is 2.19 bits per heavy atom. The summed E-state index contributed by atoms with van der Waals surface area (Å²) in [6, 6.07) is 6.13. The molecule has 2 aromatic rings. The molecule has 0 bridgehead atoms. The highest BCUT2D eigenvalue weighted by Gasteiger charge is 2.19. The van der Waals surface area contributed by atoms with E-state index in [1.165, 1.54) is 27.9 Å². The third kappa shape index (κ3) is 3.31. The van der Waals surface area contributed by atoms with Crippen LogP contribution in [0.2, 0.25) is 0 Å². The molecule has 0 spiro atoms. The lowest BCUT2D eigenvalue weighted by Crippen LogP contribution is -2.32. The Kier molecular flexibility index (Phi) is 4.42. The summed E-state index contributed by atoms with van der Waals surface area (Å²) < 4.78 is 20.1. The molecule has 2 rings (SSSR count). The number of rotatable bonds is 5. The molecule has 6 nitrogen and oxygen atoms in total. The number of halogens is 1. The monoisotopic (exact) mass is 292 g/mol. The molecule has 0 aliphatic carbocycles. The van der Waals surface area contributed by atoms with Gasteiger partial charge in [-0.05, 0) is 12.1 Å². The Labute approximate surface area is 121 Å². The van der Waals surface area contributed by atoms with E-state index >= 15 is 0 Å². The van der Waals surface area contributed by atoms with Crippen molar-refractivity contribution in [1.82, 2.24) is 14.7 Å². The Bertz CT molecular complexity index is 622. The maximum absolute atomic E-state index is 13.4. The van der Waals surface area contributed by atoms with Gasteiger partial charge >= 0.3 is 0 Å². The number of anilines is 1. The maximum Gasteiger partial charge on any atom is 0.274 e. The normalized spacial score (nSPS) is 10.4. The highest BCUT2D eigenvalue weighted by molar-refractivity contribution is 5.97. The van der Waals surface area contributed by atoms with E-state index in [9.17, 15) is 9.18 Å². The highest BCUT2D eigenvalue weighted by atomic mass is 19.1. The maximum atomic E-state index is 13.4. The zero-order chi connectivity index (χ0) is 15.4. The molecule has 1 amide bonds. The number of aryl methyl sites for hydroxylation is 1. The number of aromatic nitrogens is 2. The SMILES string of the molecule is CN(CCOc1ccccc1F)C(=O)c1c(N)cnn1C. The van der Waals surface area contributed by atoms with E-state index < -0.39 is 5.82 Å². The number of carbonyl (C=O) groups is 1. The first-order valence-corrected chi connectivity index (χ1v) is 6.41. The van der Waals surface area contributed by atoms with Crippen LogP contribution >= 0.6 is 0 Å². The van der Waals surface area contributed by atoms with Gasteiger partial charge in [-0.1, -0.05) is 12.1 Å². The van der Waals surface area contributed by atoms with Crippen molar-refractivity contribution >= 4 is 11.6 Å². The molecule has 0 fully saturated rings. The van der Waals surface area contributed by atoms with Crippen LogP contribution in [0.25, 0.3) is 0 Å². The van der Waals surface area contributed by atoms with Gasteiger partial charge in [0.1, 0.15) is 12.3 Å². The van der Waals surface area contributed by atoms with Gasteiger partial charge in [0.25, 0.3) is 5.91 Å². The molecule has 0 aliphatic heterocycles. The second-order valence-corrected chi connectivity index (χ2v) is 4.58. The predicted octanol–water partition coefficient (Wildman–Crippen LogP) is 1.29. The summed E-state index contributed by atoms with van der Waals surface area (Å²) in [6.45, 7) is 0.485. The summed E-state index contributed by atoms with van der Waals surface area (Å²) in [6.07, 6.45) is 1.43. The van der Waals surface area contributed by atoms with Crippen LogP contribution in [0.5, 0.6) is 5.75 Å². The van der Waals surface area contributed by atoms with E-state index in [1.807, 2.05) is 0 Å². The van der Waals surface area contributed by atoms with Gasteiger partial charge < -0.3 is 15.4 Å². The van der Waals surface area contributed by atoms with Crippen molar-refractivity contribution in [2.24, 2.45) is 7.05 Å². The van der Waals surface area contributed by atoms with E-state index in [4.69, 9.17) is 10.5 Å². The minimum Gasteiger partial charge on any atom is -0.489 e. The number of nitrogens with zero attached hydrogens (tertiary/aromatic N) is 3. The van der Waals surface area contributed by atoms with Gasteiger partial charge in [-0.3, -0.25) is 9.48 Å². The Morgan fingerprint density at radius 3 is 2.81 bits per heavy atom. The summed E-state index contributed by atoms with van der Waals surface area (Å²) in [5.41, 5.74) is 6.35. The standard InChI is InChI=1S/C14H17FN4O2/c1-18(14(20)13-11(16)9-17-19(13)2)7-8-21-12-6-4-3-5-10(12)15/h3-6,9H,7-8,16H2,1-2H3. The number of para-hydroxylation sites is 1. The first kappa shape index (κ1) is 14.8. The van der Waals surface area contributed by atoms with Crippen LogP contribution in [-0.2, 0) is 7.05 Å². The molecule has 0 saturated carbocycles. The fraction of sp³-hybridized carbons (Fsp3) is 0.286. The molecule has 0 saturated heterocycles. The lowest BCUT2D eigenvalue weighted by Gasteiger charge is -2.18. The molecule has 21 heavy (non-hydrogen) atoms. The summed E-state index contributed by atoms with van der Waals surface area (Å²) in [5, 5.41) is 3.92. The van der Waals surface area contributed by atoms with E-state index in [1.54, 1.807) is 26.2 Å². The van der Waals surface area contributed by atoms with Gasteiger partial charge in [0.05, 0.1) is 18.4 Å². The van der Waals surface area contributed by atoms with Crippen LogP contribution in [0.4, 0.5) is 10.1 Å². The Morgan fingerprint density at radius 1 is 1.48 bits per heavy atom. The number of likely N-dealkylation sites (N-methyl/N-ethyl adjacent to an activating group) is 1. The molecular weight excluding hydrogens is 275 g/mol. The van der Waals surface area contributed by atoms with Crippen molar-refractivity contribution in [1.29, 1.82) is 0 Å². The quantitative estimate of drug-likeness (QED) is 0.901. The molecule has 7 heteroatoms. The first-order chi connectivity index (χ1) is 10.0. The number of hydrogen-bond donors (Lipinski definition) is 1. The third-order valence-corrected chi connectivity index (χ3v) is 3.04. The van der Waals surface area contributed by atoms with Crippen LogP contribution < -0.4 is 10.5 Å². The van der Waals surface area contributed by atoms with E-state index in [0.29, 0.717) is 17.9 Å². The minimum absolute atomic E-state index is 0.165. The zero-order valence-corrected chi connectivity index (χ0v) is 11.9. The highest BCUT2D eigenvalue weighted by Crippen LogP contribution is 2.15. The number of nitrogens with two attached hydrogens (primary N) is 1. The van der Waals surface area contributed by atoms with Crippen LogP contribution in [0.3, 0.4) is 0 Å². The average molecular weight is 292 g/mol. The largest absolute Gasteiger partial charge is 0.489 e. The number of benzene rings is 1. The van der Waals surface area contributed by atoms with Crippen LogP contribution in [0.1, 0.15) is 10.5 Å². The number of ether oxygens (including phenoxy) is 1. The fourth-order valence-corrected chi connectivity index (χ4v) is 1.85. The Hall–Kier alpha value is -2.57. The molecule has 0 aliphatic rings. The van der Waals surface area contributed by atoms with Gasteiger partial charge in [0.2, 0.25) is 0 Å². The summed E-state index contributed by atoms with van der Waals surface area (Å²) in [4.78, 5) is 13.7. The average Bonchev–Trinajstić information content (AvgIpc) is 2.79. The van der Waals surface area contributed by atoms with E-state index in [0.717, 1.165) is 0 Å². The molecule has 1 aromatic heterocycles. The fourth-order valence-electron chi connectivity index (χ4n) is 1.85. The molecule has 2 N–H and O–H groups in total. The second kappa shape index (κ2) is 6.25. The molecule has 1 aromatic carbocycles. The first-order valence-electron chi connectivity index (χ1n) is 6.41. The topological polar surface area (TPSA) is 73.4 Å². The lowest BCUT2D eigenvalue weighted by molar-refractivity contribution is 0.0763. The molecule has 112 valence electrons. The summed E-state index contributed by atoms with van der Waals surface area (Å²) >= 11 is 0. The summed E-state index contributed by atoms with van der Waals surface area (Å²) in [5.74, 6) is -0.523. The predicted molar refractivity (Wildman–Crippen MR) is 76.5 cm³/mol. The second-order valence-electron chi connectivity index (χ2n) is 4.58. The zero-order valence-electron chi connectivity index (χ0n) is 11.9. The minimum atomic E-state index is -0.428. The number of hydrogen-bond acceptors (Lipinski definition) is 4. The van der Waals surface area contributed by atoms with E-state index in [2.05, 4.69) is 5.10 Å². The molecule has 0 radical (unpaired) electrons. The van der Waals surface area contributed by atoms with E-state index in [-0.39, 0.29) is 18.3 Å². The van der Waals surface area contributed by atoms with Crippen molar-refractivity contribution in [3.63, 3.8) is 0 Å². The van der Waals surface area contributed by atoms with Crippen molar-refractivity contribution in [3.05, 3.63) is 42.0 Å². The smallest absolute Gasteiger partial charge is 0.274 e. The Balaban J connectivity index is 1.92. The summed E-state index contributed by atoms with van der Waals surface area (Å²) in [7, 11) is 3.27. The van der Waals surface area contributed by atoms with Crippen molar-refractivity contribution in [3.8, 4) is 5.75 Å². The van der Waals surface area contributed by atoms with Gasteiger partial charge in [-0.15, -0.1) is 0 Å². The van der Waals surface area contributed by atoms with Gasteiger partial charge in [0.15, 0.2) is 11.6 Å². The van der Waals surface area contributed by atoms with Crippen molar-refractivity contribution < 1.29 is 13.9 Å². The molecule has 0 atom stereocenters. The molecular formula is C14H17FN4O2. The van der Waals surface area contributed by atoms with Crippen LogP contribution in [-0.4, -0.2) is 40.8 Å². The number of nitrogen functional groups attached to an aromatic ring is 1. The van der Waals surface area contributed by atoms with Crippen molar-refractivity contribution in [2.45, 2.75) is 0 Å². The third-order valence-electron chi connectivity index (χ3n) is 3.04.